The van der Waals surface area contributed by atoms with Gasteiger partial charge in [0.15, 0.2) is 0 Å². The molecule has 12 heavy (non-hydrogen) atoms. The zero-order valence-corrected chi connectivity index (χ0v) is 7.24. The van der Waals surface area contributed by atoms with Crippen molar-refractivity contribution < 1.29 is 14.6 Å². The minimum absolute atomic E-state index is 0.0687. The quantitative estimate of drug-likeness (QED) is 0.666. The number of ether oxygens (including phenoxy) is 2. The fourth-order valence-electron chi connectivity index (χ4n) is 2.04. The van der Waals surface area contributed by atoms with Gasteiger partial charge >= 0.3 is 0 Å². The summed E-state index contributed by atoms with van der Waals surface area (Å²) < 4.78 is 11.1. The Kier molecular flexibility index (Phi) is 2.63. The normalized spacial score (nSPS) is 42.2. The third-order valence-corrected chi connectivity index (χ3v) is 2.72. The standard InChI is InChI=1S/C9H16O3/c10-6-7-3-4-9(12-7)8-2-1-5-11-8/h7-10H,1-6H2. The molecule has 0 radical (unpaired) electrons. The third-order valence-electron chi connectivity index (χ3n) is 2.72. The van der Waals surface area contributed by atoms with E-state index in [1.165, 1.54) is 0 Å². The van der Waals surface area contributed by atoms with Crippen molar-refractivity contribution in [3.63, 3.8) is 0 Å². The average Bonchev–Trinajstić information content (AvgIpc) is 2.75. The smallest absolute Gasteiger partial charge is 0.0842 e. The highest BCUT2D eigenvalue weighted by Crippen LogP contribution is 2.28. The first-order valence-corrected chi connectivity index (χ1v) is 4.78. The maximum Gasteiger partial charge on any atom is 0.0842 e. The molecule has 0 aromatic heterocycles. The van der Waals surface area contributed by atoms with E-state index in [9.17, 15) is 0 Å². The monoisotopic (exact) mass is 172 g/mol. The molecule has 70 valence electrons. The van der Waals surface area contributed by atoms with Crippen molar-refractivity contribution in [1.82, 2.24) is 0 Å². The van der Waals surface area contributed by atoms with E-state index >= 15 is 0 Å². The van der Waals surface area contributed by atoms with Gasteiger partial charge in [-0.1, -0.05) is 0 Å². The third kappa shape index (κ3) is 1.63. The molecule has 3 atom stereocenters. The molecule has 0 aromatic rings. The fourth-order valence-corrected chi connectivity index (χ4v) is 2.04. The fraction of sp³-hybridized carbons (Fsp3) is 1.00. The van der Waals surface area contributed by atoms with Crippen LogP contribution in [0.3, 0.4) is 0 Å². The van der Waals surface area contributed by atoms with Gasteiger partial charge in [-0.05, 0) is 25.7 Å². The van der Waals surface area contributed by atoms with Gasteiger partial charge in [0.25, 0.3) is 0 Å². The van der Waals surface area contributed by atoms with E-state index in [1.807, 2.05) is 0 Å². The zero-order chi connectivity index (χ0) is 8.39. The largest absolute Gasteiger partial charge is 0.394 e. The molecule has 3 unspecified atom stereocenters. The number of aliphatic hydroxyl groups excluding tert-OH is 1. The summed E-state index contributed by atoms with van der Waals surface area (Å²) in [6.45, 7) is 1.04. The van der Waals surface area contributed by atoms with Gasteiger partial charge < -0.3 is 14.6 Å². The van der Waals surface area contributed by atoms with Crippen molar-refractivity contribution in [3.8, 4) is 0 Å². The first-order valence-electron chi connectivity index (χ1n) is 4.78. The van der Waals surface area contributed by atoms with Crippen LogP contribution in [0.5, 0.6) is 0 Å². The average molecular weight is 172 g/mol. The summed E-state index contributed by atoms with van der Waals surface area (Å²) in [6.07, 6.45) is 4.96. The lowest BCUT2D eigenvalue weighted by molar-refractivity contribution is -0.0569. The minimum atomic E-state index is 0.0687. The molecular formula is C9H16O3. The Hall–Kier alpha value is -0.120. The molecule has 0 saturated carbocycles. The van der Waals surface area contributed by atoms with Crippen molar-refractivity contribution in [2.75, 3.05) is 13.2 Å². The molecule has 0 aromatic carbocycles. The van der Waals surface area contributed by atoms with Gasteiger partial charge in [0.05, 0.1) is 24.9 Å². The predicted octanol–water partition coefficient (Wildman–Crippen LogP) is 0.705. The SMILES string of the molecule is OCC1CCC(C2CCCO2)O1. The van der Waals surface area contributed by atoms with E-state index in [4.69, 9.17) is 14.6 Å². The van der Waals surface area contributed by atoms with E-state index in [0.717, 1.165) is 32.3 Å². The molecule has 1 N–H and O–H groups in total. The number of aliphatic hydroxyl groups is 1. The summed E-state index contributed by atoms with van der Waals surface area (Å²) in [7, 11) is 0. The van der Waals surface area contributed by atoms with Crippen LogP contribution in [-0.2, 0) is 9.47 Å². The van der Waals surface area contributed by atoms with Crippen molar-refractivity contribution in [1.29, 1.82) is 0 Å². The van der Waals surface area contributed by atoms with E-state index in [2.05, 4.69) is 0 Å². The number of hydrogen-bond acceptors (Lipinski definition) is 3. The van der Waals surface area contributed by atoms with Gasteiger partial charge in [-0.2, -0.15) is 0 Å². The van der Waals surface area contributed by atoms with Crippen molar-refractivity contribution >= 4 is 0 Å². The Balaban J connectivity index is 1.81. The predicted molar refractivity (Wildman–Crippen MR) is 44.0 cm³/mol. The van der Waals surface area contributed by atoms with E-state index in [-0.39, 0.29) is 18.8 Å². The molecular weight excluding hydrogens is 156 g/mol. The lowest BCUT2D eigenvalue weighted by Crippen LogP contribution is -2.26. The number of rotatable bonds is 2. The molecule has 0 spiro atoms. The van der Waals surface area contributed by atoms with Gasteiger partial charge in [0.1, 0.15) is 0 Å². The van der Waals surface area contributed by atoms with Crippen LogP contribution in [0.25, 0.3) is 0 Å². The van der Waals surface area contributed by atoms with E-state index in [1.54, 1.807) is 0 Å². The van der Waals surface area contributed by atoms with E-state index < -0.39 is 0 Å². The molecule has 2 fully saturated rings. The van der Waals surface area contributed by atoms with Gasteiger partial charge in [-0.15, -0.1) is 0 Å². The van der Waals surface area contributed by atoms with Gasteiger partial charge in [-0.25, -0.2) is 0 Å². The summed E-state index contributed by atoms with van der Waals surface area (Å²) >= 11 is 0. The summed E-state index contributed by atoms with van der Waals surface area (Å²) in [5, 5.41) is 8.86. The molecule has 2 heterocycles. The van der Waals surface area contributed by atoms with Gasteiger partial charge in [0.2, 0.25) is 0 Å². The second-order valence-corrected chi connectivity index (χ2v) is 3.61. The highest BCUT2D eigenvalue weighted by molar-refractivity contribution is 4.82. The maximum absolute atomic E-state index is 8.86. The lowest BCUT2D eigenvalue weighted by atomic mass is 10.1. The summed E-state index contributed by atoms with van der Waals surface area (Å²) in [5.74, 6) is 0. The molecule has 3 nitrogen and oxygen atoms in total. The van der Waals surface area contributed by atoms with Crippen LogP contribution >= 0.6 is 0 Å². The molecule has 0 amide bonds. The zero-order valence-electron chi connectivity index (χ0n) is 7.24. The molecule has 2 saturated heterocycles. The summed E-state index contributed by atoms with van der Waals surface area (Å²) in [4.78, 5) is 0. The highest BCUT2D eigenvalue weighted by atomic mass is 16.6. The molecule has 0 aliphatic carbocycles. The lowest BCUT2D eigenvalue weighted by Gasteiger charge is -2.17. The Morgan fingerprint density at radius 2 is 2.08 bits per heavy atom. The number of hydrogen-bond donors (Lipinski definition) is 1. The first kappa shape index (κ1) is 8.48. The van der Waals surface area contributed by atoms with Crippen LogP contribution in [0.15, 0.2) is 0 Å². The molecule has 2 aliphatic heterocycles. The minimum Gasteiger partial charge on any atom is -0.394 e. The van der Waals surface area contributed by atoms with Crippen LogP contribution in [-0.4, -0.2) is 36.6 Å². The summed E-state index contributed by atoms with van der Waals surface area (Å²) in [6, 6.07) is 0. The topological polar surface area (TPSA) is 38.7 Å². The van der Waals surface area contributed by atoms with Crippen molar-refractivity contribution in [3.05, 3.63) is 0 Å². The molecule has 3 heteroatoms. The molecule has 2 rings (SSSR count). The maximum atomic E-state index is 8.86. The van der Waals surface area contributed by atoms with E-state index in [0.29, 0.717) is 6.10 Å². The molecule has 2 aliphatic rings. The van der Waals surface area contributed by atoms with Crippen LogP contribution in [0.1, 0.15) is 25.7 Å². The Bertz CT molecular complexity index is 143. The van der Waals surface area contributed by atoms with Crippen LogP contribution in [0.2, 0.25) is 0 Å². The van der Waals surface area contributed by atoms with Crippen LogP contribution in [0, 0.1) is 0 Å². The van der Waals surface area contributed by atoms with Crippen molar-refractivity contribution in [2.24, 2.45) is 0 Å². The first-order chi connectivity index (χ1) is 5.90. The van der Waals surface area contributed by atoms with Crippen LogP contribution in [0.4, 0.5) is 0 Å². The van der Waals surface area contributed by atoms with Crippen molar-refractivity contribution in [2.45, 2.75) is 44.0 Å². The molecule has 0 bridgehead atoms. The summed E-state index contributed by atoms with van der Waals surface area (Å²) in [5.41, 5.74) is 0. The highest BCUT2D eigenvalue weighted by Gasteiger charge is 2.33. The second-order valence-electron chi connectivity index (χ2n) is 3.61. The van der Waals surface area contributed by atoms with Gasteiger partial charge in [-0.3, -0.25) is 0 Å². The van der Waals surface area contributed by atoms with Crippen LogP contribution < -0.4 is 0 Å². The Morgan fingerprint density at radius 1 is 1.17 bits per heavy atom. The Labute approximate surface area is 72.7 Å². The Morgan fingerprint density at radius 3 is 2.67 bits per heavy atom. The van der Waals surface area contributed by atoms with Gasteiger partial charge in [0, 0.05) is 6.61 Å². The second kappa shape index (κ2) is 3.73.